The summed E-state index contributed by atoms with van der Waals surface area (Å²) in [5.41, 5.74) is -0.986. The predicted octanol–water partition coefficient (Wildman–Crippen LogP) is 9.76. The van der Waals surface area contributed by atoms with Crippen LogP contribution in [-0.4, -0.2) is 22.8 Å². The molecule has 40 heavy (non-hydrogen) atoms. The number of hydrogen-bond donors (Lipinski definition) is 0. The molecule has 3 aromatic rings. The fourth-order valence-electron chi connectivity index (χ4n) is 4.10. The van der Waals surface area contributed by atoms with Gasteiger partial charge in [-0.25, -0.2) is 0 Å². The van der Waals surface area contributed by atoms with Gasteiger partial charge in [-0.05, 0) is 152 Å². The smallest absolute Gasteiger partial charge is 0.317 e. The summed E-state index contributed by atoms with van der Waals surface area (Å²) in [6, 6.07) is 23.7. The van der Waals surface area contributed by atoms with Crippen LogP contribution in [0.1, 0.15) is 82.1 Å². The monoisotopic (exact) mass is 566 g/mol. The van der Waals surface area contributed by atoms with Gasteiger partial charge in [0.2, 0.25) is 0 Å². The molecule has 0 bridgehead atoms. The highest BCUT2D eigenvalue weighted by molar-refractivity contribution is 8.30. The normalized spacial score (nSPS) is 12.9. The molecule has 0 aliphatic rings. The van der Waals surface area contributed by atoms with Gasteiger partial charge in [0.05, 0.1) is 0 Å². The third-order valence-electron chi connectivity index (χ3n) is 5.41. The molecule has 0 spiro atoms. The summed E-state index contributed by atoms with van der Waals surface area (Å²) in [7, 11) is -2.45. The lowest BCUT2D eigenvalue weighted by Crippen LogP contribution is -2.23. The van der Waals surface area contributed by atoms with Crippen LogP contribution in [0.15, 0.2) is 87.5 Å². The first-order valence-electron chi connectivity index (χ1n) is 13.9. The molecule has 0 heterocycles. The van der Waals surface area contributed by atoms with Crippen LogP contribution in [0.3, 0.4) is 0 Å². The minimum Gasteiger partial charge on any atom is -0.488 e. The molecule has 6 heteroatoms. The summed E-state index contributed by atoms with van der Waals surface area (Å²) in [4.78, 5) is 16.0. The van der Waals surface area contributed by atoms with Gasteiger partial charge in [0, 0.05) is 21.1 Å². The molecule has 0 saturated carbocycles. The Labute approximate surface area is 242 Å². The van der Waals surface area contributed by atoms with Crippen LogP contribution in [0.2, 0.25) is 0 Å². The van der Waals surface area contributed by atoms with E-state index in [2.05, 4.69) is 0 Å². The second kappa shape index (κ2) is 12.2. The fraction of sp³-hybridized carbons (Fsp3) is 0.441. The highest BCUT2D eigenvalue weighted by atomic mass is 32.3. The molecule has 5 nitrogen and oxygen atoms in total. The Balaban J connectivity index is 2.22. The van der Waals surface area contributed by atoms with Crippen LogP contribution in [0, 0.1) is 0 Å². The number of ether oxygens (including phenoxy) is 3. The molecule has 0 radical (unpaired) electrons. The van der Waals surface area contributed by atoms with Crippen molar-refractivity contribution < 1.29 is 23.2 Å². The standard InChI is InChI=1S/C34H46O5S/c1-11-12-31(35)39-40(28-19-13-25(14-20-28)36-32(2,3)4,29-21-15-26(16-22-29)37-33(5,6)7)30-23-17-27(18-24-30)38-34(8,9)10/h13-24H,11-12H2,1-10H3. The van der Waals surface area contributed by atoms with Crippen LogP contribution in [-0.2, 0) is 8.98 Å². The highest BCUT2D eigenvalue weighted by Gasteiger charge is 2.36. The van der Waals surface area contributed by atoms with Gasteiger partial charge in [-0.3, -0.25) is 4.79 Å². The topological polar surface area (TPSA) is 54.0 Å². The zero-order chi connectivity index (χ0) is 29.8. The average Bonchev–Trinajstić information content (AvgIpc) is 2.81. The molecular weight excluding hydrogens is 520 g/mol. The van der Waals surface area contributed by atoms with E-state index in [1.54, 1.807) is 0 Å². The van der Waals surface area contributed by atoms with Crippen molar-refractivity contribution in [3.05, 3.63) is 72.8 Å². The summed E-state index contributed by atoms with van der Waals surface area (Å²) >= 11 is 0. The predicted molar refractivity (Wildman–Crippen MR) is 164 cm³/mol. The molecule has 0 amide bonds. The second-order valence-corrected chi connectivity index (χ2v) is 15.5. The lowest BCUT2D eigenvalue weighted by molar-refractivity contribution is -0.133. The molecule has 3 rings (SSSR count). The lowest BCUT2D eigenvalue weighted by atomic mass is 10.2. The Morgan fingerprint density at radius 2 is 0.825 bits per heavy atom. The van der Waals surface area contributed by atoms with Gasteiger partial charge in [-0.15, -0.1) is 0 Å². The molecule has 0 fully saturated rings. The first-order valence-corrected chi connectivity index (χ1v) is 15.5. The minimum absolute atomic E-state index is 0.238. The quantitative estimate of drug-likeness (QED) is 0.258. The Hall–Kier alpha value is -3.12. The third-order valence-corrected chi connectivity index (χ3v) is 8.66. The first kappa shape index (κ1) is 31.4. The van der Waals surface area contributed by atoms with Crippen molar-refractivity contribution >= 4 is 16.3 Å². The number of hydrogen-bond acceptors (Lipinski definition) is 5. The maximum atomic E-state index is 13.3. The van der Waals surface area contributed by atoms with Crippen molar-refractivity contribution in [3.8, 4) is 17.2 Å². The molecular formula is C34H46O5S. The van der Waals surface area contributed by atoms with Crippen LogP contribution in [0.5, 0.6) is 17.2 Å². The Bertz CT molecular complexity index is 1100. The third kappa shape index (κ3) is 8.69. The Morgan fingerprint density at radius 1 is 0.550 bits per heavy atom. The number of rotatable bonds is 9. The van der Waals surface area contributed by atoms with Gasteiger partial charge in [0.25, 0.3) is 0 Å². The van der Waals surface area contributed by atoms with Crippen molar-refractivity contribution in [2.75, 3.05) is 0 Å². The SMILES string of the molecule is CCCC(=O)OS(c1ccc(OC(C)(C)C)cc1)(c1ccc(OC(C)(C)C)cc1)c1ccc(OC(C)(C)C)cc1. The molecule has 0 atom stereocenters. The maximum Gasteiger partial charge on any atom is 0.317 e. The van der Waals surface area contributed by atoms with Crippen molar-refractivity contribution in [2.45, 2.75) is 114 Å². The van der Waals surface area contributed by atoms with E-state index in [1.807, 2.05) is 142 Å². The van der Waals surface area contributed by atoms with Gasteiger partial charge in [0.15, 0.2) is 0 Å². The van der Waals surface area contributed by atoms with Gasteiger partial charge >= 0.3 is 5.97 Å². The van der Waals surface area contributed by atoms with E-state index in [0.29, 0.717) is 12.8 Å². The van der Waals surface area contributed by atoms with E-state index >= 15 is 0 Å². The fourth-order valence-corrected chi connectivity index (χ4v) is 7.12. The summed E-state index contributed by atoms with van der Waals surface area (Å²) in [6.07, 6.45) is 1.03. The van der Waals surface area contributed by atoms with Crippen molar-refractivity contribution in [1.82, 2.24) is 0 Å². The molecule has 0 aromatic heterocycles. The van der Waals surface area contributed by atoms with Gasteiger partial charge in [0.1, 0.15) is 34.1 Å². The molecule has 218 valence electrons. The molecule has 3 aromatic carbocycles. The molecule has 0 aliphatic heterocycles. The van der Waals surface area contributed by atoms with Crippen molar-refractivity contribution in [1.29, 1.82) is 0 Å². The van der Waals surface area contributed by atoms with E-state index in [-0.39, 0.29) is 22.8 Å². The van der Waals surface area contributed by atoms with E-state index in [0.717, 1.165) is 31.9 Å². The summed E-state index contributed by atoms with van der Waals surface area (Å²) in [6.45, 7) is 20.2. The van der Waals surface area contributed by atoms with Crippen LogP contribution < -0.4 is 14.2 Å². The van der Waals surface area contributed by atoms with Gasteiger partial charge in [-0.2, -0.15) is 0 Å². The van der Waals surface area contributed by atoms with E-state index < -0.39 is 10.3 Å². The molecule has 0 saturated heterocycles. The van der Waals surface area contributed by atoms with E-state index in [9.17, 15) is 4.79 Å². The average molecular weight is 567 g/mol. The van der Waals surface area contributed by atoms with Crippen molar-refractivity contribution in [3.63, 3.8) is 0 Å². The zero-order valence-electron chi connectivity index (χ0n) is 25.8. The van der Waals surface area contributed by atoms with Crippen molar-refractivity contribution in [2.24, 2.45) is 0 Å². The zero-order valence-corrected chi connectivity index (χ0v) is 26.6. The molecule has 0 unspecified atom stereocenters. The Kier molecular flexibility index (Phi) is 9.56. The first-order chi connectivity index (χ1) is 18.5. The maximum absolute atomic E-state index is 13.3. The minimum atomic E-state index is -2.45. The van der Waals surface area contributed by atoms with E-state index in [4.69, 9.17) is 18.4 Å². The number of benzene rings is 3. The van der Waals surface area contributed by atoms with Crippen LogP contribution in [0.4, 0.5) is 0 Å². The molecule has 0 N–H and O–H groups in total. The lowest BCUT2D eigenvalue weighted by Gasteiger charge is -2.40. The van der Waals surface area contributed by atoms with Crippen LogP contribution >= 0.6 is 10.3 Å². The highest BCUT2D eigenvalue weighted by Crippen LogP contribution is 2.69. The van der Waals surface area contributed by atoms with E-state index in [1.165, 1.54) is 0 Å². The number of carbonyl (C=O) groups excluding carboxylic acids is 1. The van der Waals surface area contributed by atoms with Crippen LogP contribution in [0.25, 0.3) is 0 Å². The Morgan fingerprint density at radius 3 is 1.05 bits per heavy atom. The second-order valence-electron chi connectivity index (χ2n) is 12.8. The summed E-state index contributed by atoms with van der Waals surface area (Å²) < 4.78 is 24.9. The summed E-state index contributed by atoms with van der Waals surface area (Å²) in [5.74, 6) is 2.03. The van der Waals surface area contributed by atoms with Gasteiger partial charge < -0.3 is 18.4 Å². The van der Waals surface area contributed by atoms with Gasteiger partial charge in [-0.1, -0.05) is 6.92 Å². The largest absolute Gasteiger partial charge is 0.488 e. The molecule has 0 aliphatic carbocycles. The summed E-state index contributed by atoms with van der Waals surface area (Å²) in [5, 5.41) is 0. The number of carbonyl (C=O) groups is 1.